The zero-order chi connectivity index (χ0) is 19.4. The summed E-state index contributed by atoms with van der Waals surface area (Å²) in [6.45, 7) is 2.17. The first-order valence-electron chi connectivity index (χ1n) is 8.92. The monoisotopic (exact) mass is 368 g/mol. The molecule has 1 aliphatic heterocycles. The van der Waals surface area contributed by atoms with Crippen molar-refractivity contribution in [2.24, 2.45) is 5.92 Å². The zero-order valence-electron chi connectivity index (χ0n) is 15.8. The number of carbonyl (C=O) groups is 2. The molecule has 0 aromatic heterocycles. The van der Waals surface area contributed by atoms with Crippen LogP contribution in [-0.2, 0) is 16.0 Å². The van der Waals surface area contributed by atoms with Crippen LogP contribution in [0.4, 0.5) is 5.69 Å². The number of ether oxygens (including phenoxy) is 2. The Bertz CT molecular complexity index is 819. The van der Waals surface area contributed by atoms with Gasteiger partial charge < -0.3 is 19.7 Å². The number of amides is 1. The quantitative estimate of drug-likeness (QED) is 0.794. The molecule has 142 valence electrons. The van der Waals surface area contributed by atoms with Crippen molar-refractivity contribution in [3.8, 4) is 5.75 Å². The van der Waals surface area contributed by atoms with Gasteiger partial charge in [-0.2, -0.15) is 0 Å². The van der Waals surface area contributed by atoms with Gasteiger partial charge in [-0.05, 0) is 36.2 Å². The molecular weight excluding hydrogens is 344 g/mol. The Morgan fingerprint density at radius 2 is 1.89 bits per heavy atom. The predicted molar refractivity (Wildman–Crippen MR) is 103 cm³/mol. The number of nitrogens with zero attached hydrogens (tertiary/aromatic N) is 1. The number of fused-ring (bicyclic) bond motifs is 1. The van der Waals surface area contributed by atoms with Crippen LogP contribution in [0.15, 0.2) is 48.5 Å². The average Bonchev–Trinajstić information content (AvgIpc) is 2.70. The number of esters is 1. The van der Waals surface area contributed by atoms with E-state index in [1.807, 2.05) is 55.5 Å². The standard InChI is InChI=1S/C21H24N2O4/c1-14(21(25)26-3)12-15-8-10-16(11-9-15)27-13-19-22-18-7-5-4-6-17(18)20(24)23(19)2/h4-11,14,19,22H,12-13H2,1-3H3. The van der Waals surface area contributed by atoms with Crippen LogP contribution < -0.4 is 10.1 Å². The van der Waals surface area contributed by atoms with Crippen molar-refractivity contribution in [1.29, 1.82) is 0 Å². The molecule has 0 radical (unpaired) electrons. The second kappa shape index (κ2) is 8.12. The molecule has 1 aliphatic rings. The van der Waals surface area contributed by atoms with E-state index in [0.29, 0.717) is 24.3 Å². The molecule has 0 fully saturated rings. The number of nitrogens with one attached hydrogen (secondary N) is 1. The summed E-state index contributed by atoms with van der Waals surface area (Å²) in [5.41, 5.74) is 2.53. The maximum Gasteiger partial charge on any atom is 0.308 e. The van der Waals surface area contributed by atoms with Crippen molar-refractivity contribution in [3.05, 3.63) is 59.7 Å². The molecule has 2 aromatic rings. The van der Waals surface area contributed by atoms with Gasteiger partial charge in [-0.1, -0.05) is 31.2 Å². The molecule has 0 aliphatic carbocycles. The summed E-state index contributed by atoms with van der Waals surface area (Å²) in [4.78, 5) is 25.6. The highest BCUT2D eigenvalue weighted by atomic mass is 16.5. The number of para-hydroxylation sites is 1. The third-order valence-corrected chi connectivity index (χ3v) is 4.74. The Labute approximate surface area is 159 Å². The van der Waals surface area contributed by atoms with Crippen molar-refractivity contribution >= 4 is 17.6 Å². The molecule has 1 heterocycles. The van der Waals surface area contributed by atoms with Gasteiger partial charge in [0, 0.05) is 12.7 Å². The van der Waals surface area contributed by atoms with Gasteiger partial charge in [-0.15, -0.1) is 0 Å². The molecule has 1 N–H and O–H groups in total. The Morgan fingerprint density at radius 1 is 1.19 bits per heavy atom. The molecule has 27 heavy (non-hydrogen) atoms. The largest absolute Gasteiger partial charge is 0.489 e. The van der Waals surface area contributed by atoms with Gasteiger partial charge in [0.15, 0.2) is 0 Å². The lowest BCUT2D eigenvalue weighted by molar-refractivity contribution is -0.144. The molecule has 0 bridgehead atoms. The number of rotatable bonds is 6. The normalized spacial score (nSPS) is 16.9. The lowest BCUT2D eigenvalue weighted by atomic mass is 10.0. The van der Waals surface area contributed by atoms with E-state index in [1.54, 1.807) is 11.9 Å². The van der Waals surface area contributed by atoms with E-state index in [1.165, 1.54) is 7.11 Å². The fourth-order valence-electron chi connectivity index (χ4n) is 3.09. The summed E-state index contributed by atoms with van der Waals surface area (Å²) in [5, 5.41) is 3.33. The predicted octanol–water partition coefficient (Wildman–Crippen LogP) is 2.94. The minimum atomic E-state index is -0.244. The van der Waals surface area contributed by atoms with Gasteiger partial charge in [0.25, 0.3) is 5.91 Å². The van der Waals surface area contributed by atoms with Crippen molar-refractivity contribution in [3.63, 3.8) is 0 Å². The van der Waals surface area contributed by atoms with Crippen molar-refractivity contribution in [1.82, 2.24) is 4.90 Å². The minimum absolute atomic E-state index is 0.0231. The first-order chi connectivity index (χ1) is 13.0. The number of benzene rings is 2. The first-order valence-corrected chi connectivity index (χ1v) is 8.92. The number of hydrogen-bond acceptors (Lipinski definition) is 5. The third kappa shape index (κ3) is 4.22. The highest BCUT2D eigenvalue weighted by molar-refractivity contribution is 6.01. The summed E-state index contributed by atoms with van der Waals surface area (Å²) in [5.74, 6) is 0.288. The van der Waals surface area contributed by atoms with Crippen LogP contribution in [0.25, 0.3) is 0 Å². The first kappa shape index (κ1) is 18.8. The highest BCUT2D eigenvalue weighted by Gasteiger charge is 2.29. The Hall–Kier alpha value is -3.02. The number of carbonyl (C=O) groups excluding carboxylic acids is 2. The van der Waals surface area contributed by atoms with Crippen LogP contribution in [0.2, 0.25) is 0 Å². The fourth-order valence-corrected chi connectivity index (χ4v) is 3.09. The van der Waals surface area contributed by atoms with Gasteiger partial charge in [0.2, 0.25) is 0 Å². The van der Waals surface area contributed by atoms with Crippen molar-refractivity contribution in [2.75, 3.05) is 26.1 Å². The smallest absolute Gasteiger partial charge is 0.308 e. The second-order valence-corrected chi connectivity index (χ2v) is 6.71. The van der Waals surface area contributed by atoms with Crippen LogP contribution in [-0.4, -0.2) is 43.7 Å². The summed E-state index contributed by atoms with van der Waals surface area (Å²) >= 11 is 0. The Kier molecular flexibility index (Phi) is 5.64. The van der Waals surface area contributed by atoms with Gasteiger partial charge >= 0.3 is 5.97 Å². The summed E-state index contributed by atoms with van der Waals surface area (Å²) < 4.78 is 10.6. The zero-order valence-corrected chi connectivity index (χ0v) is 15.8. The summed E-state index contributed by atoms with van der Waals surface area (Å²) in [7, 11) is 3.16. The van der Waals surface area contributed by atoms with Crippen LogP contribution in [0.1, 0.15) is 22.8 Å². The Morgan fingerprint density at radius 3 is 2.59 bits per heavy atom. The van der Waals surface area contributed by atoms with Gasteiger partial charge in [0.05, 0.1) is 18.6 Å². The fraction of sp³-hybridized carbons (Fsp3) is 0.333. The van der Waals surface area contributed by atoms with Crippen molar-refractivity contribution < 1.29 is 19.1 Å². The van der Waals surface area contributed by atoms with Gasteiger partial charge in [0.1, 0.15) is 18.5 Å². The maximum atomic E-state index is 12.5. The second-order valence-electron chi connectivity index (χ2n) is 6.71. The average molecular weight is 368 g/mol. The number of likely N-dealkylation sites (N-methyl/N-ethyl adjacent to an activating group) is 1. The van der Waals surface area contributed by atoms with Crippen LogP contribution >= 0.6 is 0 Å². The maximum absolute atomic E-state index is 12.5. The number of anilines is 1. The number of hydrogen-bond donors (Lipinski definition) is 1. The minimum Gasteiger partial charge on any atom is -0.489 e. The summed E-state index contributed by atoms with van der Waals surface area (Å²) in [6.07, 6.45) is 0.372. The molecule has 3 rings (SSSR count). The van der Waals surface area contributed by atoms with E-state index >= 15 is 0 Å². The van der Waals surface area contributed by atoms with E-state index in [-0.39, 0.29) is 24.0 Å². The van der Waals surface area contributed by atoms with E-state index in [2.05, 4.69) is 5.32 Å². The van der Waals surface area contributed by atoms with Crippen LogP contribution in [0.3, 0.4) is 0 Å². The molecule has 2 atom stereocenters. The van der Waals surface area contributed by atoms with E-state index in [0.717, 1.165) is 11.3 Å². The lowest BCUT2D eigenvalue weighted by Gasteiger charge is -2.35. The molecule has 0 saturated heterocycles. The molecular formula is C21H24N2O4. The van der Waals surface area contributed by atoms with E-state index in [9.17, 15) is 9.59 Å². The topological polar surface area (TPSA) is 67.9 Å². The molecule has 1 amide bonds. The molecule has 0 spiro atoms. The molecule has 2 unspecified atom stereocenters. The number of methoxy groups -OCH3 is 1. The van der Waals surface area contributed by atoms with E-state index in [4.69, 9.17) is 9.47 Å². The third-order valence-electron chi connectivity index (χ3n) is 4.74. The van der Waals surface area contributed by atoms with Crippen LogP contribution in [0.5, 0.6) is 5.75 Å². The molecule has 2 aromatic carbocycles. The molecule has 0 saturated carbocycles. The summed E-state index contributed by atoms with van der Waals surface area (Å²) in [6, 6.07) is 15.1. The van der Waals surface area contributed by atoms with Gasteiger partial charge in [-0.3, -0.25) is 9.59 Å². The Balaban J connectivity index is 1.59. The lowest BCUT2D eigenvalue weighted by Crippen LogP contribution is -2.49. The molecule has 6 heteroatoms. The van der Waals surface area contributed by atoms with Gasteiger partial charge in [-0.25, -0.2) is 0 Å². The van der Waals surface area contributed by atoms with Crippen molar-refractivity contribution in [2.45, 2.75) is 19.5 Å². The van der Waals surface area contributed by atoms with E-state index < -0.39 is 0 Å². The SMILES string of the molecule is COC(=O)C(C)Cc1ccc(OCC2Nc3ccccc3C(=O)N2C)cc1. The highest BCUT2D eigenvalue weighted by Crippen LogP contribution is 2.24. The van der Waals surface area contributed by atoms with Crippen LogP contribution in [0, 0.1) is 5.92 Å². The molecule has 6 nitrogen and oxygen atoms in total.